The number of fused-ring (bicyclic) bond motifs is 1. The van der Waals surface area contributed by atoms with Gasteiger partial charge in [-0.15, -0.1) is 11.3 Å². The van der Waals surface area contributed by atoms with Crippen LogP contribution >= 0.6 is 11.3 Å². The fraction of sp³-hybridized carbons (Fsp3) is 0.294. The van der Waals surface area contributed by atoms with Crippen LogP contribution in [0.25, 0.3) is 10.2 Å². The number of para-hydroxylation sites is 1. The van der Waals surface area contributed by atoms with Gasteiger partial charge in [0, 0.05) is 12.7 Å². The van der Waals surface area contributed by atoms with Gasteiger partial charge in [0.1, 0.15) is 5.01 Å². The normalized spacial score (nSPS) is 12.2. The molecular formula is C17H17N5OS. The Morgan fingerprint density at radius 3 is 2.92 bits per heavy atom. The zero-order valence-corrected chi connectivity index (χ0v) is 14.2. The third-order valence-corrected chi connectivity index (χ3v) is 4.50. The summed E-state index contributed by atoms with van der Waals surface area (Å²) < 4.78 is 2.74. The molecule has 0 saturated heterocycles. The van der Waals surface area contributed by atoms with Gasteiger partial charge in [0.2, 0.25) is 5.91 Å². The minimum atomic E-state index is -0.934. The molecule has 2 aromatic heterocycles. The van der Waals surface area contributed by atoms with Crippen molar-refractivity contribution in [2.24, 2.45) is 5.92 Å². The lowest BCUT2D eigenvalue weighted by atomic mass is 10.1. The molecule has 24 heavy (non-hydrogen) atoms. The van der Waals surface area contributed by atoms with E-state index in [0.29, 0.717) is 16.6 Å². The molecule has 0 saturated carbocycles. The Hall–Kier alpha value is -2.72. The van der Waals surface area contributed by atoms with Gasteiger partial charge in [0.05, 0.1) is 28.2 Å². The number of nitriles is 1. The maximum atomic E-state index is 12.4. The lowest BCUT2D eigenvalue weighted by Crippen LogP contribution is -2.19. The molecule has 0 aliphatic rings. The zero-order chi connectivity index (χ0) is 17.1. The molecule has 1 aromatic carbocycles. The maximum absolute atomic E-state index is 12.4. The van der Waals surface area contributed by atoms with Crippen LogP contribution in [-0.2, 0) is 11.3 Å². The molecule has 122 valence electrons. The number of amides is 1. The van der Waals surface area contributed by atoms with Crippen molar-refractivity contribution in [2.75, 3.05) is 5.32 Å². The lowest BCUT2D eigenvalue weighted by Gasteiger charge is -2.06. The first-order valence-corrected chi connectivity index (χ1v) is 8.47. The van der Waals surface area contributed by atoms with Crippen LogP contribution in [0, 0.1) is 17.2 Å². The van der Waals surface area contributed by atoms with Gasteiger partial charge in [0.15, 0.2) is 5.92 Å². The van der Waals surface area contributed by atoms with Crippen molar-refractivity contribution in [3.63, 3.8) is 0 Å². The van der Waals surface area contributed by atoms with E-state index >= 15 is 0 Å². The summed E-state index contributed by atoms with van der Waals surface area (Å²) >= 11 is 1.37. The number of benzene rings is 1. The Kier molecular flexibility index (Phi) is 4.58. The van der Waals surface area contributed by atoms with Crippen molar-refractivity contribution >= 4 is 33.1 Å². The standard InChI is InChI=1S/C17H17N5OS/c1-11(2)9-22-10-12(8-19-22)20-16(23)13(7-18)17-21-14-5-3-4-6-15(14)24-17/h3-6,8,10-11,13H,9H2,1-2H3,(H,20,23)/t13-/m0/s1. The van der Waals surface area contributed by atoms with Crippen molar-refractivity contribution in [2.45, 2.75) is 26.3 Å². The van der Waals surface area contributed by atoms with Crippen molar-refractivity contribution in [3.05, 3.63) is 41.7 Å². The van der Waals surface area contributed by atoms with Gasteiger partial charge in [-0.2, -0.15) is 10.4 Å². The van der Waals surface area contributed by atoms with Crippen molar-refractivity contribution in [1.82, 2.24) is 14.8 Å². The van der Waals surface area contributed by atoms with Crippen LogP contribution in [0.2, 0.25) is 0 Å². The number of anilines is 1. The first-order valence-electron chi connectivity index (χ1n) is 7.65. The van der Waals surface area contributed by atoms with E-state index in [1.807, 2.05) is 30.3 Å². The zero-order valence-electron chi connectivity index (χ0n) is 13.4. The molecule has 1 atom stereocenters. The highest BCUT2D eigenvalue weighted by molar-refractivity contribution is 7.18. The Morgan fingerprint density at radius 1 is 1.42 bits per heavy atom. The number of nitrogens with zero attached hydrogens (tertiary/aromatic N) is 4. The number of nitrogens with one attached hydrogen (secondary N) is 1. The number of rotatable bonds is 5. The molecule has 0 fully saturated rings. The minimum absolute atomic E-state index is 0.388. The smallest absolute Gasteiger partial charge is 0.248 e. The molecule has 3 rings (SSSR count). The van der Waals surface area contributed by atoms with E-state index in [1.54, 1.807) is 17.1 Å². The molecule has 3 aromatic rings. The highest BCUT2D eigenvalue weighted by Gasteiger charge is 2.24. The molecule has 1 amide bonds. The molecule has 0 spiro atoms. The minimum Gasteiger partial charge on any atom is -0.322 e. The van der Waals surface area contributed by atoms with Gasteiger partial charge in [-0.05, 0) is 18.1 Å². The summed E-state index contributed by atoms with van der Waals surface area (Å²) in [4.78, 5) is 16.9. The first kappa shape index (κ1) is 16.1. The van der Waals surface area contributed by atoms with Crippen LogP contribution in [0.5, 0.6) is 0 Å². The monoisotopic (exact) mass is 339 g/mol. The quantitative estimate of drug-likeness (QED) is 0.772. The third-order valence-electron chi connectivity index (χ3n) is 3.40. The first-order chi connectivity index (χ1) is 11.6. The van der Waals surface area contributed by atoms with E-state index in [1.165, 1.54) is 11.3 Å². The van der Waals surface area contributed by atoms with E-state index in [0.717, 1.165) is 16.8 Å². The average Bonchev–Trinajstić information content (AvgIpc) is 3.14. The van der Waals surface area contributed by atoms with Gasteiger partial charge in [-0.3, -0.25) is 9.48 Å². The van der Waals surface area contributed by atoms with Gasteiger partial charge in [0.25, 0.3) is 0 Å². The summed E-state index contributed by atoms with van der Waals surface area (Å²) in [5.74, 6) is -0.862. The molecule has 0 radical (unpaired) electrons. The number of hydrogen-bond acceptors (Lipinski definition) is 5. The molecule has 6 nitrogen and oxygen atoms in total. The van der Waals surface area contributed by atoms with Gasteiger partial charge < -0.3 is 5.32 Å². The molecule has 0 unspecified atom stereocenters. The third kappa shape index (κ3) is 3.44. The number of hydrogen-bond donors (Lipinski definition) is 1. The van der Waals surface area contributed by atoms with Gasteiger partial charge in [-0.25, -0.2) is 4.98 Å². The second-order valence-corrected chi connectivity index (χ2v) is 6.98. The Bertz CT molecular complexity index is 872. The van der Waals surface area contributed by atoms with Crippen molar-refractivity contribution < 1.29 is 4.79 Å². The molecule has 7 heteroatoms. The Balaban J connectivity index is 1.77. The fourth-order valence-corrected chi connectivity index (χ4v) is 3.37. The molecular weight excluding hydrogens is 322 g/mol. The van der Waals surface area contributed by atoms with E-state index in [-0.39, 0.29) is 5.91 Å². The number of carbonyl (C=O) groups is 1. The highest BCUT2D eigenvalue weighted by Crippen LogP contribution is 2.28. The molecule has 0 bridgehead atoms. The van der Waals surface area contributed by atoms with E-state index in [2.05, 4.69) is 29.2 Å². The van der Waals surface area contributed by atoms with E-state index < -0.39 is 5.92 Å². The fourth-order valence-electron chi connectivity index (χ4n) is 2.36. The van der Waals surface area contributed by atoms with Crippen molar-refractivity contribution in [3.8, 4) is 6.07 Å². The summed E-state index contributed by atoms with van der Waals surface area (Å²) in [6.45, 7) is 4.97. The van der Waals surface area contributed by atoms with Crippen LogP contribution < -0.4 is 5.32 Å². The Labute approximate surface area is 143 Å². The summed E-state index contributed by atoms with van der Waals surface area (Å²) in [5.41, 5.74) is 1.39. The number of carbonyl (C=O) groups excluding carboxylic acids is 1. The van der Waals surface area contributed by atoms with E-state index in [4.69, 9.17) is 0 Å². The average molecular weight is 339 g/mol. The van der Waals surface area contributed by atoms with Crippen LogP contribution in [0.3, 0.4) is 0 Å². The van der Waals surface area contributed by atoms with E-state index in [9.17, 15) is 10.1 Å². The summed E-state index contributed by atoms with van der Waals surface area (Å²) in [6.07, 6.45) is 3.36. The summed E-state index contributed by atoms with van der Waals surface area (Å²) in [6, 6.07) is 9.65. The predicted molar refractivity (Wildman–Crippen MR) is 93.7 cm³/mol. The van der Waals surface area contributed by atoms with Crippen LogP contribution in [0.1, 0.15) is 24.8 Å². The predicted octanol–water partition coefficient (Wildman–Crippen LogP) is 3.39. The lowest BCUT2D eigenvalue weighted by molar-refractivity contribution is -0.116. The number of aromatic nitrogens is 3. The van der Waals surface area contributed by atoms with Crippen LogP contribution in [0.15, 0.2) is 36.7 Å². The number of thiazole rings is 1. The molecule has 0 aliphatic heterocycles. The highest BCUT2D eigenvalue weighted by atomic mass is 32.1. The topological polar surface area (TPSA) is 83.6 Å². The van der Waals surface area contributed by atoms with Gasteiger partial charge >= 0.3 is 0 Å². The molecule has 2 heterocycles. The summed E-state index contributed by atoms with van der Waals surface area (Å²) in [7, 11) is 0. The largest absolute Gasteiger partial charge is 0.322 e. The SMILES string of the molecule is CC(C)Cn1cc(NC(=O)[C@H](C#N)c2nc3ccccc3s2)cn1. The molecule has 0 aliphatic carbocycles. The van der Waals surface area contributed by atoms with Crippen LogP contribution in [0.4, 0.5) is 5.69 Å². The Morgan fingerprint density at radius 2 is 2.21 bits per heavy atom. The summed E-state index contributed by atoms with van der Waals surface area (Å²) in [5, 5.41) is 16.9. The van der Waals surface area contributed by atoms with Crippen LogP contribution in [-0.4, -0.2) is 20.7 Å². The van der Waals surface area contributed by atoms with Gasteiger partial charge in [-0.1, -0.05) is 26.0 Å². The maximum Gasteiger partial charge on any atom is 0.248 e. The van der Waals surface area contributed by atoms with Crippen molar-refractivity contribution in [1.29, 1.82) is 5.26 Å². The second kappa shape index (κ2) is 6.81. The molecule has 1 N–H and O–H groups in total. The second-order valence-electron chi connectivity index (χ2n) is 5.92.